The zero-order chi connectivity index (χ0) is 13.0. The van der Waals surface area contributed by atoms with Crippen LogP contribution >= 0.6 is 0 Å². The molecule has 1 heterocycles. The third-order valence-corrected chi connectivity index (χ3v) is 3.63. The smallest absolute Gasteiger partial charge is 0.410 e. The lowest BCUT2D eigenvalue weighted by molar-refractivity contribution is 0.102. The van der Waals surface area contributed by atoms with E-state index in [4.69, 9.17) is 4.74 Å². The topological polar surface area (TPSA) is 29.5 Å². The number of amides is 1. The number of ether oxygens (including phenoxy) is 1. The van der Waals surface area contributed by atoms with Gasteiger partial charge in [-0.15, -0.1) is 0 Å². The van der Waals surface area contributed by atoms with Gasteiger partial charge in [-0.05, 0) is 23.8 Å². The van der Waals surface area contributed by atoms with E-state index in [2.05, 4.69) is 13.8 Å². The summed E-state index contributed by atoms with van der Waals surface area (Å²) in [4.78, 5) is 13.7. The van der Waals surface area contributed by atoms with Gasteiger partial charge in [0.25, 0.3) is 0 Å². The van der Waals surface area contributed by atoms with Crippen molar-refractivity contribution in [2.45, 2.75) is 26.9 Å². The predicted molar refractivity (Wildman–Crippen MR) is 71.1 cm³/mol. The average Bonchev–Trinajstić information content (AvgIpc) is 2.87. The molecule has 0 bridgehead atoms. The molecule has 0 saturated carbocycles. The van der Waals surface area contributed by atoms with Crippen molar-refractivity contribution in [2.24, 2.45) is 11.8 Å². The Kier molecular flexibility index (Phi) is 4.24. The highest BCUT2D eigenvalue weighted by Crippen LogP contribution is 2.24. The number of hydrogen-bond acceptors (Lipinski definition) is 2. The van der Waals surface area contributed by atoms with Crippen molar-refractivity contribution in [2.75, 3.05) is 13.1 Å². The summed E-state index contributed by atoms with van der Waals surface area (Å²) in [6.45, 7) is 6.46. The molecule has 1 aliphatic heterocycles. The van der Waals surface area contributed by atoms with Gasteiger partial charge in [0.15, 0.2) is 0 Å². The summed E-state index contributed by atoms with van der Waals surface area (Å²) in [5.41, 5.74) is 1.03. The second-order valence-corrected chi connectivity index (χ2v) is 5.28. The van der Waals surface area contributed by atoms with Gasteiger partial charge in [0.2, 0.25) is 0 Å². The minimum absolute atomic E-state index is 0.179. The van der Waals surface area contributed by atoms with E-state index in [1.54, 1.807) is 0 Å². The largest absolute Gasteiger partial charge is 0.445 e. The first-order valence-corrected chi connectivity index (χ1v) is 6.62. The summed E-state index contributed by atoms with van der Waals surface area (Å²) in [6.07, 6.45) is 0.917. The predicted octanol–water partition coefficient (Wildman–Crippen LogP) is 3.30. The van der Waals surface area contributed by atoms with Gasteiger partial charge in [-0.3, -0.25) is 0 Å². The van der Waals surface area contributed by atoms with Gasteiger partial charge in [0, 0.05) is 13.1 Å². The van der Waals surface area contributed by atoms with Crippen molar-refractivity contribution in [1.82, 2.24) is 4.90 Å². The van der Waals surface area contributed by atoms with Crippen LogP contribution in [0.2, 0.25) is 0 Å². The van der Waals surface area contributed by atoms with Gasteiger partial charge < -0.3 is 9.64 Å². The monoisotopic (exact) mass is 247 g/mol. The fourth-order valence-corrected chi connectivity index (χ4v) is 2.31. The van der Waals surface area contributed by atoms with E-state index in [0.717, 1.165) is 25.1 Å². The van der Waals surface area contributed by atoms with E-state index in [1.165, 1.54) is 0 Å². The Labute approximate surface area is 109 Å². The number of carbonyl (C=O) groups excluding carboxylic acids is 1. The highest BCUT2D eigenvalue weighted by molar-refractivity contribution is 5.68. The van der Waals surface area contributed by atoms with Crippen molar-refractivity contribution < 1.29 is 9.53 Å². The molecule has 2 rings (SSSR count). The van der Waals surface area contributed by atoms with Crippen LogP contribution in [0.15, 0.2) is 30.3 Å². The molecule has 1 saturated heterocycles. The number of carbonyl (C=O) groups is 1. The SMILES string of the molecule is CC(C)[C@H]1CCN(C(=O)OCc2ccccc2)C1. The Balaban J connectivity index is 1.79. The highest BCUT2D eigenvalue weighted by atomic mass is 16.6. The summed E-state index contributed by atoms with van der Waals surface area (Å²) in [5, 5.41) is 0. The molecule has 0 radical (unpaired) electrons. The first-order chi connectivity index (χ1) is 8.66. The molecule has 98 valence electrons. The van der Waals surface area contributed by atoms with Crippen LogP contribution in [0.25, 0.3) is 0 Å². The van der Waals surface area contributed by atoms with Crippen LogP contribution < -0.4 is 0 Å². The fourth-order valence-electron chi connectivity index (χ4n) is 2.31. The van der Waals surface area contributed by atoms with Gasteiger partial charge >= 0.3 is 6.09 Å². The van der Waals surface area contributed by atoms with E-state index in [-0.39, 0.29) is 6.09 Å². The van der Waals surface area contributed by atoms with Crippen LogP contribution in [0.3, 0.4) is 0 Å². The summed E-state index contributed by atoms with van der Waals surface area (Å²) in [7, 11) is 0. The zero-order valence-electron chi connectivity index (χ0n) is 11.1. The van der Waals surface area contributed by atoms with Crippen molar-refractivity contribution in [1.29, 1.82) is 0 Å². The lowest BCUT2D eigenvalue weighted by Gasteiger charge is -2.17. The van der Waals surface area contributed by atoms with Crippen LogP contribution in [0.1, 0.15) is 25.8 Å². The van der Waals surface area contributed by atoms with E-state index < -0.39 is 0 Å². The Bertz CT molecular complexity index is 389. The third-order valence-electron chi connectivity index (χ3n) is 3.63. The highest BCUT2D eigenvalue weighted by Gasteiger charge is 2.28. The molecular weight excluding hydrogens is 226 g/mol. The van der Waals surface area contributed by atoms with Gasteiger partial charge in [0.05, 0.1) is 0 Å². The Morgan fingerprint density at radius 1 is 1.39 bits per heavy atom. The van der Waals surface area contributed by atoms with Crippen LogP contribution in [0.4, 0.5) is 4.79 Å². The molecular formula is C15H21NO2. The molecule has 3 heteroatoms. The number of hydrogen-bond donors (Lipinski definition) is 0. The third kappa shape index (κ3) is 3.25. The van der Waals surface area contributed by atoms with Crippen molar-refractivity contribution >= 4 is 6.09 Å². The molecule has 18 heavy (non-hydrogen) atoms. The molecule has 3 nitrogen and oxygen atoms in total. The zero-order valence-corrected chi connectivity index (χ0v) is 11.1. The molecule has 0 aliphatic carbocycles. The van der Waals surface area contributed by atoms with Gasteiger partial charge in [-0.2, -0.15) is 0 Å². The molecule has 1 amide bonds. The maximum Gasteiger partial charge on any atom is 0.410 e. The molecule has 1 aromatic rings. The standard InChI is InChI=1S/C15H21NO2/c1-12(2)14-8-9-16(10-14)15(17)18-11-13-6-4-3-5-7-13/h3-7,12,14H,8-11H2,1-2H3/t14-/m0/s1. The summed E-state index contributed by atoms with van der Waals surface area (Å²) in [5.74, 6) is 1.26. The minimum Gasteiger partial charge on any atom is -0.445 e. The van der Waals surface area contributed by atoms with Crippen LogP contribution in [-0.4, -0.2) is 24.1 Å². The Morgan fingerprint density at radius 3 is 2.72 bits per heavy atom. The number of rotatable bonds is 3. The summed E-state index contributed by atoms with van der Waals surface area (Å²) >= 11 is 0. The summed E-state index contributed by atoms with van der Waals surface area (Å²) in [6, 6.07) is 9.79. The number of nitrogens with zero attached hydrogens (tertiary/aromatic N) is 1. The summed E-state index contributed by atoms with van der Waals surface area (Å²) < 4.78 is 5.33. The molecule has 1 atom stereocenters. The minimum atomic E-state index is -0.179. The van der Waals surface area contributed by atoms with Gasteiger partial charge in [0.1, 0.15) is 6.61 Å². The second kappa shape index (κ2) is 5.89. The number of likely N-dealkylation sites (tertiary alicyclic amines) is 1. The molecule has 1 aromatic carbocycles. The Hall–Kier alpha value is -1.51. The van der Waals surface area contributed by atoms with Crippen molar-refractivity contribution in [3.8, 4) is 0 Å². The molecule has 1 aliphatic rings. The lowest BCUT2D eigenvalue weighted by Crippen LogP contribution is -2.29. The Morgan fingerprint density at radius 2 is 2.11 bits per heavy atom. The lowest BCUT2D eigenvalue weighted by atomic mass is 9.95. The van der Waals surface area contributed by atoms with E-state index in [9.17, 15) is 4.79 Å². The van der Waals surface area contributed by atoms with E-state index >= 15 is 0 Å². The van der Waals surface area contributed by atoms with E-state index in [1.807, 2.05) is 35.2 Å². The maximum absolute atomic E-state index is 11.9. The number of benzene rings is 1. The maximum atomic E-state index is 11.9. The quantitative estimate of drug-likeness (QED) is 0.820. The van der Waals surface area contributed by atoms with Gasteiger partial charge in [-0.1, -0.05) is 44.2 Å². The normalized spacial score (nSPS) is 19.3. The fraction of sp³-hybridized carbons (Fsp3) is 0.533. The first kappa shape index (κ1) is 12.9. The van der Waals surface area contributed by atoms with Crippen LogP contribution in [-0.2, 0) is 11.3 Å². The second-order valence-electron chi connectivity index (χ2n) is 5.28. The van der Waals surface area contributed by atoms with E-state index in [0.29, 0.717) is 18.4 Å². The van der Waals surface area contributed by atoms with Crippen molar-refractivity contribution in [3.63, 3.8) is 0 Å². The molecule has 0 spiro atoms. The first-order valence-electron chi connectivity index (χ1n) is 6.62. The molecule has 0 aromatic heterocycles. The van der Waals surface area contributed by atoms with Crippen LogP contribution in [0, 0.1) is 11.8 Å². The van der Waals surface area contributed by atoms with Crippen LogP contribution in [0.5, 0.6) is 0 Å². The van der Waals surface area contributed by atoms with Gasteiger partial charge in [-0.25, -0.2) is 4.79 Å². The molecule has 0 unspecified atom stereocenters. The average molecular weight is 247 g/mol. The van der Waals surface area contributed by atoms with Crippen molar-refractivity contribution in [3.05, 3.63) is 35.9 Å². The molecule has 0 N–H and O–H groups in total. The molecule has 1 fully saturated rings.